The molecule has 0 aliphatic heterocycles. The summed E-state index contributed by atoms with van der Waals surface area (Å²) in [6.45, 7) is 5.22. The van der Waals surface area contributed by atoms with Crippen molar-refractivity contribution in [1.29, 1.82) is 5.26 Å². The monoisotopic (exact) mass is 164 g/mol. The van der Waals surface area contributed by atoms with Crippen molar-refractivity contribution in [3.63, 3.8) is 0 Å². The van der Waals surface area contributed by atoms with E-state index >= 15 is 0 Å². The van der Waals surface area contributed by atoms with Gasteiger partial charge in [-0.3, -0.25) is 10.1 Å². The topological polar surface area (TPSA) is 66.9 Å². The molecular formula is C8H8N2O2. The maximum atomic E-state index is 10.2. The second-order valence-corrected chi connectivity index (χ2v) is 2.04. The Morgan fingerprint density at radius 3 is 2.25 bits per heavy atom. The molecule has 12 heavy (non-hydrogen) atoms. The van der Waals surface area contributed by atoms with E-state index in [1.807, 2.05) is 0 Å². The molecule has 0 heterocycles. The average Bonchev–Trinajstić information content (AvgIpc) is 2.08. The molecule has 0 aliphatic rings. The van der Waals surface area contributed by atoms with Gasteiger partial charge in [0.1, 0.15) is 0 Å². The summed E-state index contributed by atoms with van der Waals surface area (Å²) in [6.07, 6.45) is 0. The second-order valence-electron chi connectivity index (χ2n) is 2.04. The Morgan fingerprint density at radius 2 is 1.92 bits per heavy atom. The van der Waals surface area contributed by atoms with Crippen molar-refractivity contribution >= 4 is 5.69 Å². The molecule has 4 heteroatoms. The largest absolute Gasteiger partial charge is 0.272 e. The molecule has 0 aliphatic carbocycles. The summed E-state index contributed by atoms with van der Waals surface area (Å²) in [6, 6.07) is 6.65. The lowest BCUT2D eigenvalue weighted by Crippen LogP contribution is -1.89. The first-order chi connectivity index (χ1) is 5.72. The van der Waals surface area contributed by atoms with Crippen molar-refractivity contribution in [3.8, 4) is 6.57 Å². The van der Waals surface area contributed by atoms with Gasteiger partial charge in [-0.15, -0.1) is 0 Å². The number of nitro benzene ring substituents is 1. The van der Waals surface area contributed by atoms with Crippen LogP contribution in [-0.4, -0.2) is 4.92 Å². The van der Waals surface area contributed by atoms with Gasteiger partial charge in [-0.1, -0.05) is 18.2 Å². The van der Waals surface area contributed by atoms with Gasteiger partial charge in [0.15, 0.2) is 0 Å². The molecule has 1 aromatic rings. The maximum absolute atomic E-state index is 10.2. The Labute approximate surface area is 70.2 Å². The van der Waals surface area contributed by atoms with Crippen molar-refractivity contribution in [2.45, 2.75) is 6.92 Å². The minimum Gasteiger partial charge on any atom is -0.258 e. The second kappa shape index (κ2) is 4.85. The summed E-state index contributed by atoms with van der Waals surface area (Å²) in [4.78, 5) is 9.85. The van der Waals surface area contributed by atoms with Crippen molar-refractivity contribution < 1.29 is 4.92 Å². The SMILES string of the molecule is C#N.Cc1ccccc1[N+](=O)[O-]. The van der Waals surface area contributed by atoms with E-state index in [0.717, 1.165) is 0 Å². The van der Waals surface area contributed by atoms with E-state index in [-0.39, 0.29) is 10.6 Å². The first kappa shape index (κ1) is 10.1. The standard InChI is InChI=1S/C7H7NO2.CHN/c1-6-4-2-3-5-7(6)8(9)10;1-2/h2-5H,1H3;1H. The fraction of sp³-hybridized carbons (Fsp3) is 0.125. The summed E-state index contributed by atoms with van der Waals surface area (Å²) in [5.74, 6) is 0. The number of nitrogens with zero attached hydrogens (tertiary/aromatic N) is 2. The molecule has 0 aromatic heterocycles. The predicted octanol–water partition coefficient (Wildman–Crippen LogP) is 2.04. The van der Waals surface area contributed by atoms with Gasteiger partial charge in [-0.05, 0) is 6.92 Å². The fourth-order valence-electron chi connectivity index (χ4n) is 0.768. The molecule has 0 atom stereocenters. The highest BCUT2D eigenvalue weighted by Gasteiger charge is 2.05. The third-order valence-corrected chi connectivity index (χ3v) is 1.31. The maximum Gasteiger partial charge on any atom is 0.272 e. The molecule has 0 fully saturated rings. The van der Waals surface area contributed by atoms with E-state index in [4.69, 9.17) is 5.26 Å². The van der Waals surface area contributed by atoms with Crippen LogP contribution in [0.25, 0.3) is 0 Å². The highest BCUT2D eigenvalue weighted by atomic mass is 16.6. The lowest BCUT2D eigenvalue weighted by atomic mass is 10.2. The van der Waals surface area contributed by atoms with Gasteiger partial charge >= 0.3 is 0 Å². The van der Waals surface area contributed by atoms with Crippen LogP contribution >= 0.6 is 0 Å². The van der Waals surface area contributed by atoms with Crippen molar-refractivity contribution in [2.75, 3.05) is 0 Å². The van der Waals surface area contributed by atoms with E-state index in [2.05, 4.69) is 6.57 Å². The van der Waals surface area contributed by atoms with Gasteiger partial charge in [0.25, 0.3) is 5.69 Å². The van der Waals surface area contributed by atoms with E-state index in [1.165, 1.54) is 6.07 Å². The van der Waals surface area contributed by atoms with Crippen LogP contribution in [-0.2, 0) is 0 Å². The van der Waals surface area contributed by atoms with Crippen LogP contribution in [0.4, 0.5) is 5.69 Å². The Hall–Kier alpha value is -1.89. The minimum absolute atomic E-state index is 0.183. The third kappa shape index (κ3) is 2.39. The zero-order valence-corrected chi connectivity index (χ0v) is 6.60. The van der Waals surface area contributed by atoms with Gasteiger partial charge in [-0.2, -0.15) is 0 Å². The van der Waals surface area contributed by atoms with Crippen LogP contribution in [0, 0.1) is 28.9 Å². The van der Waals surface area contributed by atoms with Crippen molar-refractivity contribution in [2.24, 2.45) is 0 Å². The molecule has 0 spiro atoms. The Kier molecular flexibility index (Phi) is 4.09. The molecule has 0 amide bonds. The third-order valence-electron chi connectivity index (χ3n) is 1.31. The first-order valence-electron chi connectivity index (χ1n) is 3.17. The molecule has 4 nitrogen and oxygen atoms in total. The number of hydrogen-bond acceptors (Lipinski definition) is 3. The quantitative estimate of drug-likeness (QED) is 0.471. The van der Waals surface area contributed by atoms with Crippen LogP contribution in [0.15, 0.2) is 24.3 Å². The van der Waals surface area contributed by atoms with Crippen LogP contribution in [0.2, 0.25) is 0 Å². The summed E-state index contributed by atoms with van der Waals surface area (Å²) < 4.78 is 0. The van der Waals surface area contributed by atoms with Crippen molar-refractivity contribution in [1.82, 2.24) is 0 Å². The number of nitriles is 1. The van der Waals surface area contributed by atoms with Gasteiger partial charge < -0.3 is 0 Å². The predicted molar refractivity (Wildman–Crippen MR) is 44.5 cm³/mol. The van der Waals surface area contributed by atoms with Gasteiger partial charge in [0.2, 0.25) is 0 Å². The van der Waals surface area contributed by atoms with E-state index in [9.17, 15) is 10.1 Å². The summed E-state index contributed by atoms with van der Waals surface area (Å²) in [5, 5.41) is 16.7. The van der Waals surface area contributed by atoms with E-state index in [1.54, 1.807) is 25.1 Å². The normalized spacial score (nSPS) is 7.92. The number of rotatable bonds is 1. The molecule has 62 valence electrons. The Bertz CT molecular complexity index is 294. The van der Waals surface area contributed by atoms with Gasteiger partial charge in [0, 0.05) is 18.2 Å². The minimum atomic E-state index is -0.380. The zero-order valence-electron chi connectivity index (χ0n) is 6.60. The smallest absolute Gasteiger partial charge is 0.258 e. The van der Waals surface area contributed by atoms with Gasteiger partial charge in [0.05, 0.1) is 4.92 Å². The number of hydrogen-bond donors (Lipinski definition) is 0. The molecule has 1 aromatic carbocycles. The summed E-state index contributed by atoms with van der Waals surface area (Å²) in [7, 11) is 0. The molecule has 0 saturated heterocycles. The average molecular weight is 164 g/mol. The highest BCUT2D eigenvalue weighted by molar-refractivity contribution is 5.38. The lowest BCUT2D eigenvalue weighted by molar-refractivity contribution is -0.385. The van der Waals surface area contributed by atoms with Crippen LogP contribution in [0.3, 0.4) is 0 Å². The number of nitro groups is 1. The van der Waals surface area contributed by atoms with Crippen LogP contribution < -0.4 is 0 Å². The number of benzene rings is 1. The summed E-state index contributed by atoms with van der Waals surface area (Å²) in [5.41, 5.74) is 0.884. The molecule has 0 unspecified atom stereocenters. The molecule has 0 bridgehead atoms. The van der Waals surface area contributed by atoms with Crippen molar-refractivity contribution in [3.05, 3.63) is 39.9 Å². The fourth-order valence-corrected chi connectivity index (χ4v) is 0.768. The molecule has 0 saturated carbocycles. The molecule has 0 N–H and O–H groups in total. The molecule has 1 rings (SSSR count). The molecule has 0 radical (unpaired) electrons. The number of aryl methyl sites for hydroxylation is 1. The first-order valence-corrected chi connectivity index (χ1v) is 3.17. The van der Waals surface area contributed by atoms with Crippen LogP contribution in [0.1, 0.15) is 5.56 Å². The Morgan fingerprint density at radius 1 is 1.42 bits per heavy atom. The van der Waals surface area contributed by atoms with E-state index < -0.39 is 0 Å². The van der Waals surface area contributed by atoms with Gasteiger partial charge in [-0.25, -0.2) is 5.26 Å². The zero-order chi connectivity index (χ0) is 9.56. The van der Waals surface area contributed by atoms with E-state index in [0.29, 0.717) is 5.56 Å². The molecular weight excluding hydrogens is 156 g/mol. The summed E-state index contributed by atoms with van der Waals surface area (Å²) >= 11 is 0. The highest BCUT2D eigenvalue weighted by Crippen LogP contribution is 2.14. The lowest BCUT2D eigenvalue weighted by Gasteiger charge is -1.92. The number of para-hydroxylation sites is 1. The Balaban J connectivity index is 0.000000561. The van der Waals surface area contributed by atoms with Crippen LogP contribution in [0.5, 0.6) is 0 Å².